The maximum atomic E-state index is 11.8. The van der Waals surface area contributed by atoms with E-state index in [0.717, 1.165) is 16.9 Å². The van der Waals surface area contributed by atoms with Crippen LogP contribution in [0.2, 0.25) is 0 Å². The molecule has 0 fully saturated rings. The van der Waals surface area contributed by atoms with Crippen LogP contribution in [0.15, 0.2) is 48.5 Å². The Labute approximate surface area is 219 Å². The van der Waals surface area contributed by atoms with Gasteiger partial charge < -0.3 is 29.2 Å². The number of hydrogen-bond donors (Lipinski definition) is 2. The van der Waals surface area contributed by atoms with Crippen LogP contribution in [0.3, 0.4) is 0 Å². The lowest BCUT2D eigenvalue weighted by Gasteiger charge is -2.26. The number of methoxy groups -OCH3 is 1. The number of aliphatic hydroxyl groups is 2. The van der Waals surface area contributed by atoms with Crippen LogP contribution >= 0.6 is 0 Å². The lowest BCUT2D eigenvalue weighted by Crippen LogP contribution is -2.25. The predicted octanol–water partition coefficient (Wildman–Crippen LogP) is 4.18. The molecule has 0 spiro atoms. The summed E-state index contributed by atoms with van der Waals surface area (Å²) in [5, 5.41) is 19.8. The fourth-order valence-electron chi connectivity index (χ4n) is 3.56. The number of carbonyl (C=O) groups is 2. The van der Waals surface area contributed by atoms with Crippen molar-refractivity contribution in [3.63, 3.8) is 0 Å². The molecule has 8 heteroatoms. The predicted molar refractivity (Wildman–Crippen MR) is 140 cm³/mol. The molecule has 204 valence electrons. The van der Waals surface area contributed by atoms with E-state index < -0.39 is 18.2 Å². The number of aliphatic hydroxyl groups excluding tert-OH is 2. The highest BCUT2D eigenvalue weighted by molar-refractivity contribution is 5.70. The maximum Gasteiger partial charge on any atom is 0.305 e. The highest BCUT2D eigenvalue weighted by atomic mass is 16.5. The third kappa shape index (κ3) is 10.4. The monoisotopic (exact) mass is 516 g/mol. The second-order valence-corrected chi connectivity index (χ2v) is 9.48. The number of unbranched alkanes of at least 4 members (excludes halogenated alkanes) is 1. The van der Waals surface area contributed by atoms with Crippen molar-refractivity contribution in [2.24, 2.45) is 0 Å². The zero-order chi connectivity index (χ0) is 27.3. The number of esters is 2. The Balaban J connectivity index is 1.78. The van der Waals surface area contributed by atoms with Crippen LogP contribution < -0.4 is 9.47 Å². The maximum absolute atomic E-state index is 11.8. The zero-order valence-corrected chi connectivity index (χ0v) is 22.3. The van der Waals surface area contributed by atoms with Gasteiger partial charge in [0.05, 0.1) is 13.2 Å². The average Bonchev–Trinajstić information content (AvgIpc) is 2.91. The fraction of sp³-hybridized carbons (Fsp3) is 0.517. The van der Waals surface area contributed by atoms with Crippen LogP contribution in [-0.2, 0) is 24.5 Å². The molecule has 0 aliphatic rings. The molecule has 0 amide bonds. The van der Waals surface area contributed by atoms with Crippen molar-refractivity contribution >= 4 is 11.9 Å². The summed E-state index contributed by atoms with van der Waals surface area (Å²) in [5.41, 5.74) is 1.95. The van der Waals surface area contributed by atoms with Gasteiger partial charge in [-0.25, -0.2) is 0 Å². The molecule has 0 saturated carbocycles. The Morgan fingerprint density at radius 2 is 1.22 bits per heavy atom. The molecule has 2 atom stereocenters. The summed E-state index contributed by atoms with van der Waals surface area (Å²) in [6, 6.07) is 15.5. The highest BCUT2D eigenvalue weighted by Gasteiger charge is 2.23. The summed E-state index contributed by atoms with van der Waals surface area (Å²) in [5.74, 6) is 0.597. The molecule has 0 aromatic heterocycles. The molecule has 0 heterocycles. The normalized spacial score (nSPS) is 12.9. The summed E-state index contributed by atoms with van der Waals surface area (Å²) >= 11 is 0. The third-order valence-corrected chi connectivity index (χ3v) is 6.18. The first-order valence-electron chi connectivity index (χ1n) is 12.7. The van der Waals surface area contributed by atoms with E-state index >= 15 is 0 Å². The largest absolute Gasteiger partial charge is 0.491 e. The van der Waals surface area contributed by atoms with Gasteiger partial charge in [0.25, 0.3) is 0 Å². The van der Waals surface area contributed by atoms with Gasteiger partial charge in [0.1, 0.15) is 37.4 Å². The molecule has 0 aliphatic carbocycles. The molecular formula is C29H40O8. The molecule has 2 rings (SSSR count). The standard InChI is InChI=1S/C29H40O8/c1-5-23(30)18-35-25-14-10-21(11-15-25)29(2,3)22-12-16-26(17-13-22)36-19-24(31)20-37-28(33)9-7-6-8-27(32)34-4/h10-17,23-24,30-31H,5-9,18-20H2,1-4H3. The van der Waals surface area contributed by atoms with E-state index in [4.69, 9.17) is 14.2 Å². The van der Waals surface area contributed by atoms with Crippen molar-refractivity contribution in [2.75, 3.05) is 26.9 Å². The lowest BCUT2D eigenvalue weighted by atomic mass is 9.78. The van der Waals surface area contributed by atoms with Gasteiger partial charge in [-0.2, -0.15) is 0 Å². The van der Waals surface area contributed by atoms with Crippen molar-refractivity contribution in [3.05, 3.63) is 59.7 Å². The molecule has 2 aromatic carbocycles. The van der Waals surface area contributed by atoms with Crippen molar-refractivity contribution < 1.29 is 38.7 Å². The minimum atomic E-state index is -0.950. The summed E-state index contributed by atoms with van der Waals surface area (Å²) in [7, 11) is 1.33. The first kappa shape index (κ1) is 30.1. The minimum Gasteiger partial charge on any atom is -0.491 e. The molecule has 0 bridgehead atoms. The van der Waals surface area contributed by atoms with Crippen molar-refractivity contribution in [1.29, 1.82) is 0 Å². The average molecular weight is 517 g/mol. The van der Waals surface area contributed by atoms with Gasteiger partial charge in [-0.15, -0.1) is 0 Å². The van der Waals surface area contributed by atoms with E-state index in [1.54, 1.807) is 0 Å². The van der Waals surface area contributed by atoms with Gasteiger partial charge in [0, 0.05) is 18.3 Å². The van der Waals surface area contributed by atoms with Gasteiger partial charge in [0.2, 0.25) is 0 Å². The van der Waals surface area contributed by atoms with Crippen molar-refractivity contribution in [1.82, 2.24) is 0 Å². The van der Waals surface area contributed by atoms with Crippen molar-refractivity contribution in [3.8, 4) is 11.5 Å². The SMILES string of the molecule is CCC(O)COc1ccc(C(C)(C)c2ccc(OCC(O)COC(=O)CCCCC(=O)OC)cc2)cc1. The summed E-state index contributed by atoms with van der Waals surface area (Å²) < 4.78 is 20.9. The Morgan fingerprint density at radius 1 is 0.757 bits per heavy atom. The molecular weight excluding hydrogens is 476 g/mol. The van der Waals surface area contributed by atoms with Crippen LogP contribution in [0.25, 0.3) is 0 Å². The Kier molecular flexibility index (Phi) is 12.4. The van der Waals surface area contributed by atoms with Crippen LogP contribution in [0, 0.1) is 0 Å². The van der Waals surface area contributed by atoms with Crippen LogP contribution in [0.4, 0.5) is 0 Å². The number of carbonyl (C=O) groups excluding carboxylic acids is 2. The minimum absolute atomic E-state index is 0.00739. The van der Waals surface area contributed by atoms with Crippen molar-refractivity contribution in [2.45, 2.75) is 70.5 Å². The Morgan fingerprint density at radius 3 is 1.68 bits per heavy atom. The number of benzene rings is 2. The van der Waals surface area contributed by atoms with Crippen LogP contribution in [0.1, 0.15) is 64.0 Å². The Hall–Kier alpha value is -3.10. The summed E-state index contributed by atoms with van der Waals surface area (Å²) in [6.45, 7) is 6.29. The quantitative estimate of drug-likeness (QED) is 0.253. The van der Waals surface area contributed by atoms with Gasteiger partial charge in [-0.05, 0) is 54.7 Å². The highest BCUT2D eigenvalue weighted by Crippen LogP contribution is 2.33. The van der Waals surface area contributed by atoms with E-state index in [2.05, 4.69) is 18.6 Å². The van der Waals surface area contributed by atoms with E-state index in [-0.39, 0.29) is 44.0 Å². The van der Waals surface area contributed by atoms with E-state index in [9.17, 15) is 19.8 Å². The molecule has 0 saturated heterocycles. The number of hydrogen-bond acceptors (Lipinski definition) is 8. The molecule has 37 heavy (non-hydrogen) atoms. The Bertz CT molecular complexity index is 953. The zero-order valence-electron chi connectivity index (χ0n) is 22.3. The van der Waals surface area contributed by atoms with E-state index in [1.807, 2.05) is 55.5 Å². The van der Waals surface area contributed by atoms with Crippen LogP contribution in [0.5, 0.6) is 11.5 Å². The molecule has 2 N–H and O–H groups in total. The molecule has 8 nitrogen and oxygen atoms in total. The van der Waals surface area contributed by atoms with Crippen LogP contribution in [-0.4, -0.2) is 61.3 Å². The number of ether oxygens (including phenoxy) is 4. The smallest absolute Gasteiger partial charge is 0.305 e. The summed E-state index contributed by atoms with van der Waals surface area (Å²) in [6.07, 6.45) is 0.742. The van der Waals surface area contributed by atoms with E-state index in [0.29, 0.717) is 25.0 Å². The molecule has 2 unspecified atom stereocenters. The molecule has 2 aromatic rings. The van der Waals surface area contributed by atoms with Gasteiger partial charge in [-0.1, -0.05) is 45.0 Å². The first-order valence-corrected chi connectivity index (χ1v) is 12.7. The first-order chi connectivity index (χ1) is 17.6. The van der Waals surface area contributed by atoms with E-state index in [1.165, 1.54) is 7.11 Å². The number of rotatable bonds is 16. The lowest BCUT2D eigenvalue weighted by molar-refractivity contribution is -0.147. The second-order valence-electron chi connectivity index (χ2n) is 9.48. The molecule has 0 radical (unpaired) electrons. The topological polar surface area (TPSA) is 112 Å². The summed E-state index contributed by atoms with van der Waals surface area (Å²) in [4.78, 5) is 22.8. The third-order valence-electron chi connectivity index (χ3n) is 6.18. The molecule has 0 aliphatic heterocycles. The fourth-order valence-corrected chi connectivity index (χ4v) is 3.56. The van der Waals surface area contributed by atoms with Gasteiger partial charge >= 0.3 is 11.9 Å². The van der Waals surface area contributed by atoms with Gasteiger partial charge in [0.15, 0.2) is 0 Å². The second kappa shape index (κ2) is 15.2. The van der Waals surface area contributed by atoms with Gasteiger partial charge in [-0.3, -0.25) is 9.59 Å².